The number of aliphatic hydroxyl groups excluding tert-OH is 4. The first-order valence-corrected chi connectivity index (χ1v) is 8.92. The minimum Gasteiger partial charge on any atom is -0.394 e. The predicted octanol–water partition coefficient (Wildman–Crippen LogP) is -0.446. The quantitative estimate of drug-likeness (QED) is 0.280. The van der Waals surface area contributed by atoms with Crippen LogP contribution in [0.1, 0.15) is 40.5 Å². The van der Waals surface area contributed by atoms with Crippen molar-refractivity contribution < 1.29 is 172 Å². The first-order chi connectivity index (χ1) is 11.7. The molecule has 4 N–H and O–H groups in total. The van der Waals surface area contributed by atoms with Gasteiger partial charge in [-0.2, -0.15) is 0 Å². The summed E-state index contributed by atoms with van der Waals surface area (Å²) in [5, 5.41) is 37.1. The van der Waals surface area contributed by atoms with Gasteiger partial charge in [-0.3, -0.25) is 0 Å². The second-order valence-corrected chi connectivity index (χ2v) is 7.35. The first kappa shape index (κ1) is 34.2. The average Bonchev–Trinajstić information content (AvgIpc) is 2.53. The van der Waals surface area contributed by atoms with Crippen molar-refractivity contribution in [3.8, 4) is 0 Å². The molecule has 3 radical (unpaired) electrons. The summed E-state index contributed by atoms with van der Waals surface area (Å²) < 4.78 is 21.9. The minimum absolute atomic E-state index is 0. The monoisotopic (exact) mass is 1050 g/mol. The first-order valence-electron chi connectivity index (χ1n) is 8.92. The zero-order valence-electron chi connectivity index (χ0n) is 17.1. The van der Waals surface area contributed by atoms with E-state index in [0.717, 1.165) is 0 Å². The zero-order chi connectivity index (χ0) is 18.8. The van der Waals surface area contributed by atoms with Crippen LogP contribution in [0.5, 0.6) is 0 Å². The van der Waals surface area contributed by atoms with Gasteiger partial charge in [0.2, 0.25) is 0 Å². The van der Waals surface area contributed by atoms with Gasteiger partial charge in [0.15, 0.2) is 6.29 Å². The Morgan fingerprint density at radius 1 is 0.929 bits per heavy atom. The van der Waals surface area contributed by atoms with Crippen LogP contribution in [0, 0.1) is 132 Å². The molecule has 0 bridgehead atoms. The molecular weight excluding hydrogens is 1010 g/mol. The molecule has 28 heavy (non-hydrogen) atoms. The van der Waals surface area contributed by atoms with Crippen LogP contribution in [-0.2, 0) is 18.9 Å². The van der Waals surface area contributed by atoms with Gasteiger partial charge in [0.25, 0.3) is 0 Å². The fraction of sp³-hybridized carbons (Fsp3) is 1.00. The van der Waals surface area contributed by atoms with Gasteiger partial charge < -0.3 is 39.4 Å². The van der Waals surface area contributed by atoms with Crippen molar-refractivity contribution in [1.82, 2.24) is 0 Å². The topological polar surface area (TPSA) is 118 Å². The molecule has 8 nitrogen and oxygen atoms in total. The zero-order valence-corrected chi connectivity index (χ0v) is 31.3. The van der Waals surface area contributed by atoms with Crippen molar-refractivity contribution in [2.45, 2.75) is 95.2 Å². The van der Waals surface area contributed by atoms with Crippen LogP contribution in [0.25, 0.3) is 0 Å². The third kappa shape index (κ3) is 9.33. The molecule has 3 aliphatic heterocycles. The molecular formula is C17H32Ac3O8. The molecule has 3 saturated heterocycles. The van der Waals surface area contributed by atoms with Gasteiger partial charge in [0, 0.05) is 145 Å². The molecule has 9 atom stereocenters. The van der Waals surface area contributed by atoms with Gasteiger partial charge in [-0.15, -0.1) is 0 Å². The van der Waals surface area contributed by atoms with E-state index < -0.39 is 30.0 Å². The van der Waals surface area contributed by atoms with E-state index in [2.05, 4.69) is 0 Å². The average molecular weight is 1050 g/mol. The molecule has 0 amide bonds. The van der Waals surface area contributed by atoms with Crippen LogP contribution in [0.3, 0.4) is 0 Å². The van der Waals surface area contributed by atoms with E-state index in [-0.39, 0.29) is 163 Å². The Balaban J connectivity index is 0. The largest absolute Gasteiger partial charge is 0.394 e. The standard InChI is InChI=1S/C10H18O4.C7H14O4.3Ac/c1-6-4-8(11)10(3)9(13-6)5-12-7(2)14-10;1-4-2-5(9)7(10)6(3-8)11-4;;;/h6-9,11H,4-5H2,1-3H3;4-10H,2-3H2,1H3;;;. The molecule has 157 valence electrons. The predicted molar refractivity (Wildman–Crippen MR) is 87.9 cm³/mol. The molecule has 0 saturated carbocycles. The Bertz CT molecular complexity index is 435. The summed E-state index contributed by atoms with van der Waals surface area (Å²) in [4.78, 5) is 0. The molecule has 3 fully saturated rings. The summed E-state index contributed by atoms with van der Waals surface area (Å²) in [7, 11) is 0. The van der Waals surface area contributed by atoms with Gasteiger partial charge >= 0.3 is 0 Å². The number of hydrogen-bond acceptors (Lipinski definition) is 8. The van der Waals surface area contributed by atoms with Crippen LogP contribution >= 0.6 is 0 Å². The second kappa shape index (κ2) is 15.8. The maximum Gasteiger partial charge on any atom is 0.155 e. The van der Waals surface area contributed by atoms with Crippen molar-refractivity contribution in [2.24, 2.45) is 0 Å². The summed E-state index contributed by atoms with van der Waals surface area (Å²) >= 11 is 0. The van der Waals surface area contributed by atoms with Crippen LogP contribution in [-0.4, -0.2) is 88.3 Å². The van der Waals surface area contributed by atoms with Crippen molar-refractivity contribution in [3.05, 3.63) is 0 Å². The van der Waals surface area contributed by atoms with E-state index in [1.54, 1.807) is 6.92 Å². The van der Waals surface area contributed by atoms with Crippen molar-refractivity contribution >= 4 is 0 Å². The van der Waals surface area contributed by atoms with Crippen LogP contribution in [0.4, 0.5) is 0 Å². The fourth-order valence-electron chi connectivity index (χ4n) is 3.52. The van der Waals surface area contributed by atoms with Gasteiger partial charge in [-0.1, -0.05) is 0 Å². The molecule has 3 heterocycles. The van der Waals surface area contributed by atoms with Crippen LogP contribution in [0.15, 0.2) is 0 Å². The fourth-order valence-corrected chi connectivity index (χ4v) is 3.52. The smallest absolute Gasteiger partial charge is 0.155 e. The van der Waals surface area contributed by atoms with Gasteiger partial charge in [-0.05, 0) is 27.7 Å². The Morgan fingerprint density at radius 3 is 2.07 bits per heavy atom. The van der Waals surface area contributed by atoms with Gasteiger partial charge in [0.1, 0.15) is 23.9 Å². The SMILES string of the molecule is CC1CC(O)C(O)C(CO)O1.CC1CC(O)C2(C)OC(C)OCC2O1.[Ac].[Ac].[Ac]. The van der Waals surface area contributed by atoms with E-state index in [9.17, 15) is 15.3 Å². The number of hydrogen-bond donors (Lipinski definition) is 4. The minimum atomic E-state index is -0.948. The van der Waals surface area contributed by atoms with Crippen molar-refractivity contribution in [1.29, 1.82) is 0 Å². The summed E-state index contributed by atoms with van der Waals surface area (Å²) in [5.74, 6) is 0. The van der Waals surface area contributed by atoms with Gasteiger partial charge in [0.05, 0.1) is 37.6 Å². The molecule has 0 aromatic rings. The van der Waals surface area contributed by atoms with E-state index in [0.29, 0.717) is 19.4 Å². The van der Waals surface area contributed by atoms with Crippen molar-refractivity contribution in [2.75, 3.05) is 13.2 Å². The number of ether oxygens (including phenoxy) is 4. The summed E-state index contributed by atoms with van der Waals surface area (Å²) in [5.41, 5.74) is -0.607. The third-order valence-electron chi connectivity index (χ3n) is 5.09. The number of aliphatic hydroxyl groups is 4. The summed E-state index contributed by atoms with van der Waals surface area (Å²) in [6.45, 7) is 7.75. The Labute approximate surface area is 274 Å². The van der Waals surface area contributed by atoms with Crippen LogP contribution < -0.4 is 0 Å². The normalized spacial score (nSPS) is 45.0. The maximum atomic E-state index is 9.99. The number of fused-ring (bicyclic) bond motifs is 1. The molecule has 0 spiro atoms. The third-order valence-corrected chi connectivity index (χ3v) is 5.09. The van der Waals surface area contributed by atoms with Crippen molar-refractivity contribution in [3.63, 3.8) is 0 Å². The molecule has 0 aliphatic carbocycles. The molecule has 11 heteroatoms. The second-order valence-electron chi connectivity index (χ2n) is 7.35. The molecule has 9 unspecified atom stereocenters. The Morgan fingerprint density at radius 2 is 1.50 bits per heavy atom. The molecule has 0 aromatic carbocycles. The number of rotatable bonds is 1. The molecule has 3 aliphatic rings. The Kier molecular flexibility index (Phi) is 19.3. The van der Waals surface area contributed by atoms with E-state index in [1.807, 2.05) is 20.8 Å². The molecule has 0 aromatic heterocycles. The van der Waals surface area contributed by atoms with E-state index in [1.165, 1.54) is 0 Å². The summed E-state index contributed by atoms with van der Waals surface area (Å²) in [6, 6.07) is 0. The van der Waals surface area contributed by atoms with Gasteiger partial charge in [-0.25, -0.2) is 0 Å². The van der Waals surface area contributed by atoms with E-state index >= 15 is 0 Å². The maximum absolute atomic E-state index is 9.99. The summed E-state index contributed by atoms with van der Waals surface area (Å²) in [6.07, 6.45) is -2.20. The van der Waals surface area contributed by atoms with E-state index in [4.69, 9.17) is 24.1 Å². The molecule has 3 rings (SSSR count). The van der Waals surface area contributed by atoms with Crippen LogP contribution in [0.2, 0.25) is 0 Å². The Hall–Kier alpha value is 4.00.